The smallest absolute Gasteiger partial charge is 0.119 e. The van der Waals surface area contributed by atoms with Gasteiger partial charge in [0.25, 0.3) is 0 Å². The first-order valence-electron chi connectivity index (χ1n) is 6.64. The number of aliphatic hydroxyl groups excluding tert-OH is 1. The van der Waals surface area contributed by atoms with E-state index in [0.29, 0.717) is 13.2 Å². The van der Waals surface area contributed by atoms with Crippen LogP contribution in [0.5, 0.6) is 5.75 Å². The Kier molecular flexibility index (Phi) is 15.2. The minimum absolute atomic E-state index is 0. The molecule has 3 N–H and O–H groups in total. The van der Waals surface area contributed by atoms with Crippen LogP contribution in [0.25, 0.3) is 0 Å². The molecule has 0 aliphatic carbocycles. The fourth-order valence-electron chi connectivity index (χ4n) is 1.58. The zero-order valence-corrected chi connectivity index (χ0v) is 14.0. The minimum atomic E-state index is -0.289. The number of benzene rings is 1. The summed E-state index contributed by atoms with van der Waals surface area (Å²) in [4.78, 5) is 0. The predicted molar refractivity (Wildman–Crippen MR) is 92.9 cm³/mol. The number of rotatable bonds is 10. The summed E-state index contributed by atoms with van der Waals surface area (Å²) in [6.07, 6.45) is 1.44. The predicted octanol–water partition coefficient (Wildman–Crippen LogP) is 2.16. The van der Waals surface area contributed by atoms with Crippen molar-refractivity contribution in [2.45, 2.75) is 19.6 Å². The maximum atomic E-state index is 9.07. The average molecular weight is 337 g/mol. The quantitative estimate of drug-likeness (QED) is 0.452. The van der Waals surface area contributed by atoms with Crippen molar-refractivity contribution in [3.63, 3.8) is 0 Å². The summed E-state index contributed by atoms with van der Waals surface area (Å²) in [6.45, 7) is 9.12. The van der Waals surface area contributed by atoms with Gasteiger partial charge >= 0.3 is 0 Å². The third-order valence-corrected chi connectivity index (χ3v) is 2.54. The van der Waals surface area contributed by atoms with Crippen molar-refractivity contribution in [3.05, 3.63) is 42.5 Å². The Morgan fingerprint density at radius 2 is 1.81 bits per heavy atom. The summed E-state index contributed by atoms with van der Waals surface area (Å²) in [6, 6.07) is 8.03. The molecular formula is C15H26Cl2N2O2. The Morgan fingerprint density at radius 1 is 1.19 bits per heavy atom. The summed E-state index contributed by atoms with van der Waals surface area (Å²) in [5.74, 6) is 0.863. The Labute approximate surface area is 139 Å². The van der Waals surface area contributed by atoms with Gasteiger partial charge in [-0.2, -0.15) is 0 Å². The lowest BCUT2D eigenvalue weighted by molar-refractivity contribution is 0.191. The first-order valence-corrected chi connectivity index (χ1v) is 6.64. The van der Waals surface area contributed by atoms with Gasteiger partial charge in [0.2, 0.25) is 0 Å². The van der Waals surface area contributed by atoms with Gasteiger partial charge in [0.05, 0.1) is 6.10 Å². The normalized spacial score (nSPS) is 11.0. The van der Waals surface area contributed by atoms with Crippen LogP contribution in [-0.4, -0.2) is 37.5 Å². The highest BCUT2D eigenvalue weighted by Crippen LogP contribution is 2.11. The maximum Gasteiger partial charge on any atom is 0.119 e. The highest BCUT2D eigenvalue weighted by Gasteiger charge is 1.96. The molecule has 0 fully saturated rings. The third kappa shape index (κ3) is 11.5. The van der Waals surface area contributed by atoms with E-state index in [1.165, 1.54) is 5.56 Å². The van der Waals surface area contributed by atoms with E-state index in [0.717, 1.165) is 25.4 Å². The van der Waals surface area contributed by atoms with Gasteiger partial charge in [-0.05, 0) is 24.6 Å². The van der Waals surface area contributed by atoms with Crippen LogP contribution in [0.1, 0.15) is 12.5 Å². The largest absolute Gasteiger partial charge is 0.490 e. The number of aliphatic hydroxyl groups is 1. The van der Waals surface area contributed by atoms with Crippen LogP contribution in [0.3, 0.4) is 0 Å². The van der Waals surface area contributed by atoms with E-state index in [9.17, 15) is 0 Å². The van der Waals surface area contributed by atoms with Crippen LogP contribution >= 0.6 is 24.8 Å². The monoisotopic (exact) mass is 336 g/mol. The molecule has 0 bridgehead atoms. The van der Waals surface area contributed by atoms with Crippen LogP contribution in [0, 0.1) is 0 Å². The van der Waals surface area contributed by atoms with E-state index in [-0.39, 0.29) is 30.9 Å². The zero-order valence-electron chi connectivity index (χ0n) is 12.4. The summed E-state index contributed by atoms with van der Waals surface area (Å²) in [5.41, 5.74) is 1.22. The molecule has 0 amide bonds. The zero-order chi connectivity index (χ0) is 13.9. The lowest BCUT2D eigenvalue weighted by atomic mass is 10.2. The van der Waals surface area contributed by atoms with Crippen LogP contribution in [-0.2, 0) is 6.54 Å². The summed E-state index contributed by atoms with van der Waals surface area (Å²) in [7, 11) is 0. The second kappa shape index (κ2) is 14.2. The summed E-state index contributed by atoms with van der Waals surface area (Å²) in [5, 5.41) is 15.6. The van der Waals surface area contributed by atoms with E-state index in [1.54, 1.807) is 13.0 Å². The minimum Gasteiger partial charge on any atom is -0.490 e. The van der Waals surface area contributed by atoms with E-state index < -0.39 is 0 Å². The maximum absolute atomic E-state index is 9.07. The highest BCUT2D eigenvalue weighted by molar-refractivity contribution is 5.85. The summed E-state index contributed by atoms with van der Waals surface area (Å²) < 4.78 is 5.42. The van der Waals surface area contributed by atoms with Crippen LogP contribution < -0.4 is 15.4 Å². The van der Waals surface area contributed by atoms with Gasteiger partial charge in [0.15, 0.2) is 0 Å². The Balaban J connectivity index is 0. The van der Waals surface area contributed by atoms with Crippen molar-refractivity contribution in [2.24, 2.45) is 0 Å². The van der Waals surface area contributed by atoms with Gasteiger partial charge in [0, 0.05) is 26.2 Å². The van der Waals surface area contributed by atoms with Gasteiger partial charge < -0.3 is 20.5 Å². The first-order chi connectivity index (χ1) is 9.22. The van der Waals surface area contributed by atoms with Crippen molar-refractivity contribution in [1.29, 1.82) is 0 Å². The van der Waals surface area contributed by atoms with E-state index >= 15 is 0 Å². The molecule has 0 saturated carbocycles. The molecule has 1 atom stereocenters. The molecule has 0 aliphatic rings. The molecule has 1 rings (SSSR count). The fraction of sp³-hybridized carbons (Fsp3) is 0.467. The Bertz CT molecular complexity index is 359. The molecule has 21 heavy (non-hydrogen) atoms. The molecule has 1 unspecified atom stereocenters. The Morgan fingerprint density at radius 3 is 2.38 bits per heavy atom. The number of ether oxygens (including phenoxy) is 1. The molecule has 0 spiro atoms. The lowest BCUT2D eigenvalue weighted by Gasteiger charge is -2.09. The van der Waals surface area contributed by atoms with E-state index in [4.69, 9.17) is 9.84 Å². The molecule has 0 heterocycles. The number of hydrogen-bond acceptors (Lipinski definition) is 4. The second-order valence-corrected chi connectivity index (χ2v) is 4.47. The Hall–Kier alpha value is -0.780. The second-order valence-electron chi connectivity index (χ2n) is 4.47. The molecule has 1 aromatic carbocycles. The summed E-state index contributed by atoms with van der Waals surface area (Å²) >= 11 is 0. The SMILES string of the molecule is C=CCOc1ccc(CNCCNCC(C)O)cc1.Cl.Cl. The topological polar surface area (TPSA) is 53.5 Å². The van der Waals surface area contributed by atoms with Crippen molar-refractivity contribution < 1.29 is 9.84 Å². The van der Waals surface area contributed by atoms with Gasteiger partial charge in [0.1, 0.15) is 12.4 Å². The van der Waals surface area contributed by atoms with Gasteiger partial charge in [-0.1, -0.05) is 24.8 Å². The number of halogens is 2. The van der Waals surface area contributed by atoms with Crippen LogP contribution in [0.4, 0.5) is 0 Å². The lowest BCUT2D eigenvalue weighted by Crippen LogP contribution is -2.31. The molecule has 0 aliphatic heterocycles. The molecule has 122 valence electrons. The highest BCUT2D eigenvalue weighted by atomic mass is 35.5. The number of nitrogens with one attached hydrogen (secondary N) is 2. The molecule has 1 aromatic rings. The van der Waals surface area contributed by atoms with Crippen molar-refractivity contribution in [2.75, 3.05) is 26.2 Å². The van der Waals surface area contributed by atoms with Crippen molar-refractivity contribution in [1.82, 2.24) is 10.6 Å². The third-order valence-electron chi connectivity index (χ3n) is 2.54. The molecule has 0 saturated heterocycles. The molecule has 0 radical (unpaired) electrons. The number of hydrogen-bond donors (Lipinski definition) is 3. The molecular weight excluding hydrogens is 311 g/mol. The van der Waals surface area contributed by atoms with Crippen molar-refractivity contribution in [3.8, 4) is 5.75 Å². The van der Waals surface area contributed by atoms with E-state index in [1.807, 2.05) is 12.1 Å². The van der Waals surface area contributed by atoms with Gasteiger partial charge in [-0.15, -0.1) is 24.8 Å². The van der Waals surface area contributed by atoms with Gasteiger partial charge in [-0.25, -0.2) is 0 Å². The van der Waals surface area contributed by atoms with E-state index in [2.05, 4.69) is 29.3 Å². The fourth-order valence-corrected chi connectivity index (χ4v) is 1.58. The molecule has 4 nitrogen and oxygen atoms in total. The van der Waals surface area contributed by atoms with Crippen LogP contribution in [0.2, 0.25) is 0 Å². The van der Waals surface area contributed by atoms with Crippen molar-refractivity contribution >= 4 is 24.8 Å². The standard InChI is InChI=1S/C15H24N2O2.2ClH/c1-3-10-19-15-6-4-14(5-7-15)12-17-9-8-16-11-13(2)18;;/h3-7,13,16-18H,1,8-12H2,2H3;2*1H. The van der Waals surface area contributed by atoms with Gasteiger partial charge in [-0.3, -0.25) is 0 Å². The molecule has 6 heteroatoms. The average Bonchev–Trinajstić information content (AvgIpc) is 2.41. The first kappa shape index (κ1) is 22.5. The van der Waals surface area contributed by atoms with Crippen LogP contribution in [0.15, 0.2) is 36.9 Å². The molecule has 0 aromatic heterocycles.